The van der Waals surface area contributed by atoms with Crippen LogP contribution in [0.3, 0.4) is 0 Å². The summed E-state index contributed by atoms with van der Waals surface area (Å²) in [6.45, 7) is 3.90. The molecule has 7 saturated heterocycles. The molecule has 4 aliphatic carbocycles. The first kappa shape index (κ1) is 65.3. The second kappa shape index (κ2) is 25.7. The van der Waals surface area contributed by atoms with Gasteiger partial charge in [0.15, 0.2) is 37.2 Å². The van der Waals surface area contributed by atoms with Crippen LogP contribution in [-0.4, -0.2) is 304 Å². The van der Waals surface area contributed by atoms with Crippen LogP contribution < -0.4 is 5.32 Å². The van der Waals surface area contributed by atoms with Gasteiger partial charge in [0.2, 0.25) is 0 Å². The number of ether oxygens (including phenoxy) is 11. The summed E-state index contributed by atoms with van der Waals surface area (Å²) in [5.41, 5.74) is -0.0920. The van der Waals surface area contributed by atoms with Gasteiger partial charge in [0.25, 0.3) is 0 Å². The molecule has 37 atom stereocenters. The first-order valence-corrected chi connectivity index (χ1v) is 30.6. The highest BCUT2D eigenvalue weighted by Gasteiger charge is 2.68. The molecule has 11 fully saturated rings. The number of piperidine rings is 1. The lowest BCUT2D eigenvalue weighted by atomic mass is 9.44. The molecule has 0 radical (unpaired) electrons. The van der Waals surface area contributed by atoms with Gasteiger partial charge in [-0.25, -0.2) is 0 Å². The lowest BCUT2D eigenvalue weighted by Gasteiger charge is -2.62. The maximum Gasteiger partial charge on any atom is 0.187 e. The molecule has 85 heavy (non-hydrogen) atoms. The third-order valence-corrected chi connectivity index (χ3v) is 22.3. The Balaban J connectivity index is 0.731. The number of nitrogens with one attached hydrogen (secondary N) is 1. The van der Waals surface area contributed by atoms with Crippen molar-refractivity contribution >= 4 is 0 Å². The molecule has 29 heteroatoms. The Morgan fingerprint density at radius 2 is 1.08 bits per heavy atom. The molecule has 490 valence electrons. The van der Waals surface area contributed by atoms with E-state index < -0.39 is 192 Å². The van der Waals surface area contributed by atoms with Gasteiger partial charge in [-0.1, -0.05) is 20.8 Å². The Hall–Kier alpha value is -1.16. The topological polar surface area (TPSA) is 457 Å². The van der Waals surface area contributed by atoms with Gasteiger partial charge in [0.1, 0.15) is 116 Å². The van der Waals surface area contributed by atoms with Crippen LogP contribution in [0.5, 0.6) is 0 Å². The second-order valence-electron chi connectivity index (χ2n) is 27.0. The van der Waals surface area contributed by atoms with Crippen molar-refractivity contribution in [1.29, 1.82) is 0 Å². The average Bonchev–Trinajstić information content (AvgIpc) is 1.68. The van der Waals surface area contributed by atoms with Gasteiger partial charge in [0, 0.05) is 18.9 Å². The molecule has 4 saturated carbocycles. The number of hydrogen-bond acceptors (Lipinski definition) is 29. The lowest BCUT2D eigenvalue weighted by molar-refractivity contribution is -0.404. The molecule has 11 aliphatic rings. The van der Waals surface area contributed by atoms with E-state index in [1.165, 1.54) is 0 Å². The molecule has 0 amide bonds. The highest BCUT2D eigenvalue weighted by atomic mass is 16.8. The summed E-state index contributed by atoms with van der Waals surface area (Å²) in [7, 11) is 0. The summed E-state index contributed by atoms with van der Waals surface area (Å²) < 4.78 is 66.3. The Kier molecular flexibility index (Phi) is 19.8. The molecule has 0 bridgehead atoms. The first-order valence-electron chi connectivity index (χ1n) is 30.6. The number of fused-ring (bicyclic) bond motifs is 8. The monoisotopic (exact) mass is 1230 g/mol. The van der Waals surface area contributed by atoms with E-state index in [0.29, 0.717) is 37.1 Å². The minimum atomic E-state index is -2.03. The predicted octanol–water partition coefficient (Wildman–Crippen LogP) is -6.93. The van der Waals surface area contributed by atoms with E-state index in [2.05, 4.69) is 26.1 Å². The van der Waals surface area contributed by atoms with E-state index in [4.69, 9.17) is 52.1 Å². The predicted molar refractivity (Wildman–Crippen MR) is 280 cm³/mol. The van der Waals surface area contributed by atoms with Crippen LogP contribution in [0.25, 0.3) is 0 Å². The standard InChI is InChI=1S/C56H93NO28/c1-20-33-28(85-56(74)12-21(13-57-48(20)56)18-75-49-42(71)38(67)35(64)29(14-58)78-49)11-26-24-5-4-22-10-23(6-8-54(22,2)25(24)7-9-55(26,33)3)77-51-44(73)40(69)45(32(17-61)81-51)82-53-47(84-52-43(72)39(68)36(65)30(15-59)79-52)46(37(66)31(16-60)80-53)83-50-41(70)34(63)27(62)19-76-50/h20-53,57-74H,4-19H2,1-3H3/t20-,21-,22-,23-,24+,25-,26-,27+,28-,29+,30+,31+,32+,33-,34-,35+,36+,37+,38-,39-,40+,41+,42+,43+,44+,45-,46-,47+,48+,49+,50-,51+,52-,53-,54-,55-,56+/m0/s1. The summed E-state index contributed by atoms with van der Waals surface area (Å²) >= 11 is 0. The van der Waals surface area contributed by atoms with Crippen LogP contribution in [-0.2, 0) is 52.1 Å². The zero-order valence-corrected chi connectivity index (χ0v) is 48.0. The fraction of sp³-hybridized carbons (Fsp3) is 1.00. The molecule has 0 aromatic carbocycles. The molecule has 0 aromatic heterocycles. The zero-order valence-electron chi connectivity index (χ0n) is 48.0. The quantitative estimate of drug-likeness (QED) is 0.0678. The second-order valence-corrected chi connectivity index (χ2v) is 27.0. The van der Waals surface area contributed by atoms with Gasteiger partial charge in [-0.3, -0.25) is 0 Å². The van der Waals surface area contributed by atoms with Crippen molar-refractivity contribution in [3.63, 3.8) is 0 Å². The van der Waals surface area contributed by atoms with E-state index in [0.717, 1.165) is 38.5 Å². The fourth-order valence-corrected chi connectivity index (χ4v) is 17.8. The van der Waals surface area contributed by atoms with E-state index in [9.17, 15) is 86.8 Å². The van der Waals surface area contributed by atoms with Crippen molar-refractivity contribution in [3.8, 4) is 0 Å². The first-order chi connectivity index (χ1) is 40.4. The summed E-state index contributed by atoms with van der Waals surface area (Å²) in [5.74, 6) is -0.0727. The maximum atomic E-state index is 12.4. The van der Waals surface area contributed by atoms with Crippen molar-refractivity contribution < 1.29 is 139 Å². The molecular formula is C56H93NO28. The molecule has 18 N–H and O–H groups in total. The van der Waals surface area contributed by atoms with E-state index in [-0.39, 0.29) is 59.7 Å². The molecule has 11 rings (SSSR count). The maximum absolute atomic E-state index is 12.4. The smallest absolute Gasteiger partial charge is 0.187 e. The molecule has 29 nitrogen and oxygen atoms in total. The van der Waals surface area contributed by atoms with Crippen LogP contribution in [0.15, 0.2) is 0 Å². The summed E-state index contributed by atoms with van der Waals surface area (Å²) in [5, 5.41) is 187. The third kappa shape index (κ3) is 11.7. The van der Waals surface area contributed by atoms with Crippen LogP contribution >= 0.6 is 0 Å². The number of aliphatic hydroxyl groups is 17. The summed E-state index contributed by atoms with van der Waals surface area (Å²) in [6, 6.07) is -0.338. The molecule has 0 spiro atoms. The number of aliphatic hydroxyl groups excluding tert-OH is 16. The van der Waals surface area contributed by atoms with Crippen molar-refractivity contribution in [2.75, 3.05) is 46.2 Å². The normalized spacial score (nSPS) is 57.2. The van der Waals surface area contributed by atoms with Crippen molar-refractivity contribution in [2.24, 2.45) is 52.3 Å². The average molecular weight is 1230 g/mol. The molecule has 0 unspecified atom stereocenters. The highest BCUT2D eigenvalue weighted by molar-refractivity contribution is 5.16. The lowest BCUT2D eigenvalue weighted by Crippen LogP contribution is -2.69. The van der Waals surface area contributed by atoms with Crippen LogP contribution in [0.1, 0.15) is 78.6 Å². The van der Waals surface area contributed by atoms with Gasteiger partial charge in [0.05, 0.1) is 57.9 Å². The van der Waals surface area contributed by atoms with E-state index in [1.54, 1.807) is 0 Å². The van der Waals surface area contributed by atoms with Crippen LogP contribution in [0.2, 0.25) is 0 Å². The van der Waals surface area contributed by atoms with Crippen molar-refractivity contribution in [2.45, 2.75) is 250 Å². The Bertz CT molecular complexity index is 2210. The minimum absolute atomic E-state index is 0.0389. The summed E-state index contributed by atoms with van der Waals surface area (Å²) in [6.07, 6.45) is -34.2. The largest absolute Gasteiger partial charge is 0.394 e. The fourth-order valence-electron chi connectivity index (χ4n) is 17.8. The summed E-state index contributed by atoms with van der Waals surface area (Å²) in [4.78, 5) is 0. The van der Waals surface area contributed by atoms with Crippen molar-refractivity contribution in [1.82, 2.24) is 5.32 Å². The zero-order chi connectivity index (χ0) is 60.9. The highest BCUT2D eigenvalue weighted by Crippen LogP contribution is 2.70. The number of hydrogen-bond donors (Lipinski definition) is 18. The molecule has 0 aromatic rings. The number of rotatable bonds is 15. The van der Waals surface area contributed by atoms with Crippen LogP contribution in [0, 0.1) is 52.3 Å². The van der Waals surface area contributed by atoms with E-state index in [1.807, 2.05) is 0 Å². The van der Waals surface area contributed by atoms with E-state index >= 15 is 0 Å². The molecule has 7 heterocycles. The van der Waals surface area contributed by atoms with Crippen LogP contribution in [0.4, 0.5) is 0 Å². The molecular weight excluding hydrogens is 1130 g/mol. The van der Waals surface area contributed by atoms with Gasteiger partial charge in [-0.05, 0) is 97.7 Å². The minimum Gasteiger partial charge on any atom is -0.394 e. The van der Waals surface area contributed by atoms with Gasteiger partial charge in [-0.2, -0.15) is 0 Å². The van der Waals surface area contributed by atoms with Gasteiger partial charge >= 0.3 is 0 Å². The van der Waals surface area contributed by atoms with Gasteiger partial charge in [-0.15, -0.1) is 0 Å². The molecule has 7 aliphatic heterocycles. The Morgan fingerprint density at radius 1 is 0.518 bits per heavy atom. The Morgan fingerprint density at radius 3 is 1.76 bits per heavy atom. The van der Waals surface area contributed by atoms with Crippen molar-refractivity contribution in [3.05, 3.63) is 0 Å². The van der Waals surface area contributed by atoms with Gasteiger partial charge < -0.3 is 144 Å². The SMILES string of the molecule is C[C@H]1[C@H]2[C@H](C[C@H]3[C@@H]4CC[C@H]5C[C@@H](O[C@@H]6O[C@H](CO)[C@H](O[C@@H]7O[C@H](CO)[C@@H](O)[C@H](O[C@@H]8OC[C@@H](O)[C@H](O)[C@H]8O)[C@H]7O[C@@H]7O[C@H](CO)[C@@H](O)[C@H](O)[C@H]7O)[C@H](O)[C@H]6O)CC[C@]5(C)[C@H]4CC[C@]23C)O[C@]2(O)C[C@H](CO[C@@H]3O[C@H](CO)[C@@H](O)[C@H](O)[C@H]3O)CN[C@H]12. The Labute approximate surface area is 491 Å². The third-order valence-electron chi connectivity index (χ3n) is 22.3.